The van der Waals surface area contributed by atoms with Crippen LogP contribution in [0.2, 0.25) is 0 Å². The number of esters is 1. The summed E-state index contributed by atoms with van der Waals surface area (Å²) in [6.45, 7) is 4.88. The molecular formula is C13H22N2O3. The first-order valence-corrected chi connectivity index (χ1v) is 6.75. The fraction of sp³-hybridized carbons (Fsp3) is 0.846. The van der Waals surface area contributed by atoms with Crippen molar-refractivity contribution in [2.75, 3.05) is 33.3 Å². The number of amides is 2. The first-order chi connectivity index (χ1) is 8.63. The Hall–Kier alpha value is -1.26. The molecule has 2 aliphatic rings. The van der Waals surface area contributed by atoms with Gasteiger partial charge in [0.15, 0.2) is 0 Å². The summed E-state index contributed by atoms with van der Waals surface area (Å²) in [5.74, 6) is -0.175. The van der Waals surface area contributed by atoms with E-state index in [1.54, 1.807) is 4.90 Å². The third kappa shape index (κ3) is 2.60. The second kappa shape index (κ2) is 5.59. The molecule has 0 aromatic heterocycles. The molecule has 2 rings (SSSR count). The van der Waals surface area contributed by atoms with E-state index in [1.165, 1.54) is 13.5 Å². The number of methoxy groups -OCH3 is 1. The minimum atomic E-state index is -0.198. The van der Waals surface area contributed by atoms with Crippen molar-refractivity contribution in [1.29, 1.82) is 0 Å². The summed E-state index contributed by atoms with van der Waals surface area (Å²) < 4.78 is 4.79. The van der Waals surface area contributed by atoms with E-state index in [4.69, 9.17) is 4.74 Å². The Kier molecular flexibility index (Phi) is 4.09. The third-order valence-corrected chi connectivity index (χ3v) is 4.01. The second-order valence-corrected chi connectivity index (χ2v) is 5.34. The zero-order chi connectivity index (χ0) is 13.1. The molecule has 5 nitrogen and oxygen atoms in total. The van der Waals surface area contributed by atoms with Gasteiger partial charge in [0.05, 0.1) is 13.0 Å². The zero-order valence-electron chi connectivity index (χ0n) is 11.2. The molecule has 2 aliphatic heterocycles. The van der Waals surface area contributed by atoms with E-state index in [1.807, 2.05) is 11.8 Å². The molecule has 2 fully saturated rings. The average molecular weight is 254 g/mol. The summed E-state index contributed by atoms with van der Waals surface area (Å²) >= 11 is 0. The molecule has 0 N–H and O–H groups in total. The van der Waals surface area contributed by atoms with E-state index in [2.05, 4.69) is 0 Å². The Labute approximate surface area is 108 Å². The average Bonchev–Trinajstić information content (AvgIpc) is 2.80. The van der Waals surface area contributed by atoms with Crippen molar-refractivity contribution in [2.24, 2.45) is 11.8 Å². The molecule has 5 heteroatoms. The van der Waals surface area contributed by atoms with Crippen molar-refractivity contribution in [2.45, 2.75) is 26.2 Å². The Morgan fingerprint density at radius 2 is 1.72 bits per heavy atom. The maximum atomic E-state index is 12.3. The normalized spacial score (nSPS) is 28.3. The summed E-state index contributed by atoms with van der Waals surface area (Å²) in [5, 5.41) is 0. The van der Waals surface area contributed by atoms with Crippen LogP contribution in [0.1, 0.15) is 26.2 Å². The highest BCUT2D eigenvalue weighted by Gasteiger charge is 2.39. The van der Waals surface area contributed by atoms with E-state index in [0.717, 1.165) is 25.9 Å². The van der Waals surface area contributed by atoms with Crippen molar-refractivity contribution in [3.05, 3.63) is 0 Å². The van der Waals surface area contributed by atoms with Crippen molar-refractivity contribution < 1.29 is 14.3 Å². The number of ether oxygens (including phenoxy) is 1. The molecule has 0 spiro atoms. The summed E-state index contributed by atoms with van der Waals surface area (Å²) in [7, 11) is 1.41. The molecule has 2 atom stereocenters. The minimum Gasteiger partial charge on any atom is -0.469 e. The lowest BCUT2D eigenvalue weighted by Gasteiger charge is -2.31. The Balaban J connectivity index is 1.94. The number of hydrogen-bond acceptors (Lipinski definition) is 3. The van der Waals surface area contributed by atoms with E-state index in [0.29, 0.717) is 13.1 Å². The van der Waals surface area contributed by atoms with Gasteiger partial charge in [0.1, 0.15) is 0 Å². The highest BCUT2D eigenvalue weighted by Crippen LogP contribution is 2.25. The quantitative estimate of drug-likeness (QED) is 0.663. The largest absolute Gasteiger partial charge is 0.469 e. The van der Waals surface area contributed by atoms with Crippen LogP contribution in [0.25, 0.3) is 0 Å². The van der Waals surface area contributed by atoms with Gasteiger partial charge >= 0.3 is 12.0 Å². The fourth-order valence-corrected chi connectivity index (χ4v) is 2.87. The summed E-state index contributed by atoms with van der Waals surface area (Å²) in [6, 6.07) is 0.0907. The topological polar surface area (TPSA) is 49.9 Å². The fourth-order valence-electron chi connectivity index (χ4n) is 2.87. The molecule has 0 aromatic carbocycles. The van der Waals surface area contributed by atoms with Gasteiger partial charge in [-0.1, -0.05) is 6.92 Å². The Morgan fingerprint density at radius 1 is 1.06 bits per heavy atom. The minimum absolute atomic E-state index is 0.0907. The van der Waals surface area contributed by atoms with Crippen LogP contribution >= 0.6 is 0 Å². The molecule has 0 aliphatic carbocycles. The number of rotatable bonds is 1. The monoisotopic (exact) mass is 254 g/mol. The molecule has 0 saturated carbocycles. The number of piperidine rings is 1. The van der Waals surface area contributed by atoms with Crippen LogP contribution in [0.5, 0.6) is 0 Å². The van der Waals surface area contributed by atoms with Gasteiger partial charge in [0, 0.05) is 26.2 Å². The van der Waals surface area contributed by atoms with Gasteiger partial charge in [-0.3, -0.25) is 4.79 Å². The Bertz CT molecular complexity index is 326. The van der Waals surface area contributed by atoms with Crippen LogP contribution in [0.15, 0.2) is 0 Å². The van der Waals surface area contributed by atoms with Gasteiger partial charge in [-0.2, -0.15) is 0 Å². The van der Waals surface area contributed by atoms with Crippen molar-refractivity contribution in [1.82, 2.24) is 9.80 Å². The molecule has 102 valence electrons. The molecule has 2 heterocycles. The van der Waals surface area contributed by atoms with Crippen LogP contribution < -0.4 is 0 Å². The zero-order valence-corrected chi connectivity index (χ0v) is 11.2. The molecule has 2 amide bonds. The first kappa shape index (κ1) is 13.2. The predicted molar refractivity (Wildman–Crippen MR) is 67.1 cm³/mol. The predicted octanol–water partition coefficient (Wildman–Crippen LogP) is 1.33. The number of likely N-dealkylation sites (tertiary alicyclic amines) is 2. The lowest BCUT2D eigenvalue weighted by Crippen LogP contribution is -2.44. The first-order valence-electron chi connectivity index (χ1n) is 6.75. The smallest absolute Gasteiger partial charge is 0.320 e. The van der Waals surface area contributed by atoms with Crippen molar-refractivity contribution >= 4 is 12.0 Å². The number of nitrogens with zero attached hydrogens (tertiary/aromatic N) is 2. The number of carbonyl (C=O) groups is 2. The molecule has 2 unspecified atom stereocenters. The molecule has 0 bridgehead atoms. The van der Waals surface area contributed by atoms with Gasteiger partial charge in [0.2, 0.25) is 0 Å². The maximum Gasteiger partial charge on any atom is 0.320 e. The van der Waals surface area contributed by atoms with Gasteiger partial charge < -0.3 is 14.5 Å². The van der Waals surface area contributed by atoms with E-state index in [-0.39, 0.29) is 23.8 Å². The Morgan fingerprint density at radius 3 is 2.33 bits per heavy atom. The summed E-state index contributed by atoms with van der Waals surface area (Å²) in [4.78, 5) is 27.6. The summed E-state index contributed by atoms with van der Waals surface area (Å²) in [6.07, 6.45) is 3.40. The van der Waals surface area contributed by atoms with Crippen molar-refractivity contribution in [3.63, 3.8) is 0 Å². The summed E-state index contributed by atoms with van der Waals surface area (Å²) in [5.41, 5.74) is 0. The number of carbonyl (C=O) groups excluding carboxylic acids is 2. The SMILES string of the molecule is COC(=O)C1CN(C(=O)N2CCCCC2)CC1C. The van der Waals surface area contributed by atoms with E-state index >= 15 is 0 Å². The van der Waals surface area contributed by atoms with Crippen LogP contribution in [0, 0.1) is 11.8 Å². The highest BCUT2D eigenvalue weighted by molar-refractivity contribution is 5.78. The molecular weight excluding hydrogens is 232 g/mol. The molecule has 0 aromatic rings. The van der Waals surface area contributed by atoms with Gasteiger partial charge in [-0.15, -0.1) is 0 Å². The van der Waals surface area contributed by atoms with Gasteiger partial charge in [0.25, 0.3) is 0 Å². The van der Waals surface area contributed by atoms with Gasteiger partial charge in [-0.05, 0) is 25.2 Å². The highest BCUT2D eigenvalue weighted by atomic mass is 16.5. The lowest BCUT2D eigenvalue weighted by molar-refractivity contribution is -0.146. The second-order valence-electron chi connectivity index (χ2n) is 5.34. The molecule has 2 saturated heterocycles. The van der Waals surface area contributed by atoms with Crippen LogP contribution in [-0.2, 0) is 9.53 Å². The number of hydrogen-bond donors (Lipinski definition) is 0. The van der Waals surface area contributed by atoms with Crippen LogP contribution in [0.4, 0.5) is 4.79 Å². The number of urea groups is 1. The maximum absolute atomic E-state index is 12.3. The van der Waals surface area contributed by atoms with Gasteiger partial charge in [-0.25, -0.2) is 4.79 Å². The lowest BCUT2D eigenvalue weighted by atomic mass is 9.99. The van der Waals surface area contributed by atoms with E-state index < -0.39 is 0 Å². The van der Waals surface area contributed by atoms with Crippen molar-refractivity contribution in [3.8, 4) is 0 Å². The standard InChI is InChI=1S/C13H22N2O3/c1-10-8-15(9-11(10)12(16)18-2)13(17)14-6-4-3-5-7-14/h10-11H,3-9H2,1-2H3. The third-order valence-electron chi connectivity index (χ3n) is 4.01. The molecule has 18 heavy (non-hydrogen) atoms. The van der Waals surface area contributed by atoms with Crippen LogP contribution in [0.3, 0.4) is 0 Å². The van der Waals surface area contributed by atoms with E-state index in [9.17, 15) is 9.59 Å². The van der Waals surface area contributed by atoms with Crippen LogP contribution in [-0.4, -0.2) is 55.1 Å². The molecule has 0 radical (unpaired) electrons.